The van der Waals surface area contributed by atoms with Gasteiger partial charge in [-0.1, -0.05) is 23.9 Å². The Labute approximate surface area is 172 Å². The minimum atomic E-state index is -0.320. The van der Waals surface area contributed by atoms with Crippen molar-refractivity contribution < 1.29 is 19.1 Å². The minimum Gasteiger partial charge on any atom is -0.495 e. The lowest BCUT2D eigenvalue weighted by Crippen LogP contribution is -2.33. The number of rotatable bonds is 10. The molecule has 28 heavy (non-hydrogen) atoms. The molecular weight excluding hydrogens is 398 g/mol. The number of esters is 1. The average Bonchev–Trinajstić information content (AvgIpc) is 3.14. The number of carbonyl (C=O) groups is 2. The van der Waals surface area contributed by atoms with Crippen molar-refractivity contribution in [2.75, 3.05) is 30.9 Å². The van der Waals surface area contributed by atoms with E-state index in [9.17, 15) is 9.59 Å². The number of thiazole rings is 1. The Morgan fingerprint density at radius 2 is 2.14 bits per heavy atom. The third-order valence-corrected chi connectivity index (χ3v) is 5.66. The zero-order valence-electron chi connectivity index (χ0n) is 15.7. The molecule has 2 rings (SSSR count). The summed E-state index contributed by atoms with van der Waals surface area (Å²) in [6.07, 6.45) is 0.337. The predicted molar refractivity (Wildman–Crippen MR) is 109 cm³/mol. The maximum Gasteiger partial charge on any atom is 0.311 e. The Morgan fingerprint density at radius 1 is 1.36 bits per heavy atom. The lowest BCUT2D eigenvalue weighted by Gasteiger charge is -2.23. The molecule has 7 nitrogen and oxygen atoms in total. The van der Waals surface area contributed by atoms with Crippen LogP contribution in [0.2, 0.25) is 0 Å². The van der Waals surface area contributed by atoms with Gasteiger partial charge in [-0.25, -0.2) is 4.98 Å². The van der Waals surface area contributed by atoms with E-state index in [1.54, 1.807) is 36.4 Å². The average molecular weight is 420 g/mol. The highest BCUT2D eigenvalue weighted by atomic mass is 32.2. The molecule has 148 valence electrons. The van der Waals surface area contributed by atoms with E-state index < -0.39 is 0 Å². The van der Waals surface area contributed by atoms with Crippen molar-refractivity contribution >= 4 is 40.7 Å². The van der Waals surface area contributed by atoms with Gasteiger partial charge in [-0.2, -0.15) is 5.26 Å². The van der Waals surface area contributed by atoms with Crippen molar-refractivity contribution in [1.29, 1.82) is 5.26 Å². The number of nitriles is 1. The monoisotopic (exact) mass is 419 g/mol. The van der Waals surface area contributed by atoms with Gasteiger partial charge in [0.25, 0.3) is 0 Å². The fourth-order valence-corrected chi connectivity index (χ4v) is 4.11. The second-order valence-electron chi connectivity index (χ2n) is 5.50. The second kappa shape index (κ2) is 11.3. The Bertz CT molecular complexity index is 848. The number of hydrogen-bond acceptors (Lipinski definition) is 8. The second-order valence-corrected chi connectivity index (χ2v) is 7.58. The number of benzene rings is 1. The summed E-state index contributed by atoms with van der Waals surface area (Å²) in [7, 11) is 1.54. The molecule has 0 radical (unpaired) electrons. The predicted octanol–water partition coefficient (Wildman–Crippen LogP) is 3.30. The first-order chi connectivity index (χ1) is 13.6. The summed E-state index contributed by atoms with van der Waals surface area (Å²) in [5.41, 5.74) is 1.26. The van der Waals surface area contributed by atoms with Crippen LogP contribution in [0.1, 0.15) is 19.0 Å². The number of carbonyl (C=O) groups excluding carboxylic acids is 2. The summed E-state index contributed by atoms with van der Waals surface area (Å²) < 4.78 is 11.0. The first-order valence-electron chi connectivity index (χ1n) is 8.62. The van der Waals surface area contributed by atoms with Gasteiger partial charge < -0.3 is 14.4 Å². The highest BCUT2D eigenvalue weighted by Crippen LogP contribution is 2.30. The topological polar surface area (TPSA) is 92.5 Å². The number of anilines is 1. The van der Waals surface area contributed by atoms with E-state index in [0.717, 1.165) is 0 Å². The maximum atomic E-state index is 12.8. The van der Waals surface area contributed by atoms with Crippen molar-refractivity contribution in [2.45, 2.75) is 24.1 Å². The highest BCUT2D eigenvalue weighted by molar-refractivity contribution is 8.01. The van der Waals surface area contributed by atoms with Crippen LogP contribution in [0.5, 0.6) is 5.75 Å². The van der Waals surface area contributed by atoms with Crippen molar-refractivity contribution in [3.05, 3.63) is 35.3 Å². The van der Waals surface area contributed by atoms with Crippen LogP contribution >= 0.6 is 23.1 Å². The summed E-state index contributed by atoms with van der Waals surface area (Å²) in [5, 5.41) is 10.7. The number of hydrogen-bond donors (Lipinski definition) is 0. The van der Waals surface area contributed by atoms with Gasteiger partial charge in [0.05, 0.1) is 49.8 Å². The van der Waals surface area contributed by atoms with Crippen LogP contribution in [0.3, 0.4) is 0 Å². The largest absolute Gasteiger partial charge is 0.495 e. The van der Waals surface area contributed by atoms with E-state index in [-0.39, 0.29) is 37.0 Å². The SMILES string of the molecule is CCOC(=O)Cc1csc(SCC(=O)N(CCC#N)c2ccccc2OC)n1. The zero-order valence-corrected chi connectivity index (χ0v) is 17.3. The molecule has 1 heterocycles. The van der Waals surface area contributed by atoms with E-state index >= 15 is 0 Å². The van der Waals surface area contributed by atoms with Crippen molar-refractivity contribution in [1.82, 2.24) is 4.98 Å². The zero-order chi connectivity index (χ0) is 20.4. The first-order valence-corrected chi connectivity index (χ1v) is 10.5. The Morgan fingerprint density at radius 3 is 2.86 bits per heavy atom. The number of methoxy groups -OCH3 is 1. The van der Waals surface area contributed by atoms with Gasteiger partial charge in [0.1, 0.15) is 5.75 Å². The van der Waals surface area contributed by atoms with Gasteiger partial charge in [-0.05, 0) is 19.1 Å². The van der Waals surface area contributed by atoms with Crippen LogP contribution in [0.4, 0.5) is 5.69 Å². The van der Waals surface area contributed by atoms with Crippen LogP contribution in [0.25, 0.3) is 0 Å². The van der Waals surface area contributed by atoms with E-state index in [4.69, 9.17) is 14.7 Å². The summed E-state index contributed by atoms with van der Waals surface area (Å²) in [5.74, 6) is 0.270. The van der Waals surface area contributed by atoms with Crippen LogP contribution < -0.4 is 9.64 Å². The third kappa shape index (κ3) is 6.25. The molecular formula is C19H21N3O4S2. The van der Waals surface area contributed by atoms with E-state index in [1.165, 1.54) is 23.1 Å². The normalized spacial score (nSPS) is 10.2. The van der Waals surface area contributed by atoms with Gasteiger partial charge in [0, 0.05) is 11.9 Å². The van der Waals surface area contributed by atoms with Crippen molar-refractivity contribution in [3.8, 4) is 11.8 Å². The number of aromatic nitrogens is 1. The summed E-state index contributed by atoms with van der Waals surface area (Å²) in [6.45, 7) is 2.37. The number of ether oxygens (including phenoxy) is 2. The highest BCUT2D eigenvalue weighted by Gasteiger charge is 2.20. The van der Waals surface area contributed by atoms with Gasteiger partial charge in [0.15, 0.2) is 4.34 Å². The molecule has 0 saturated heterocycles. The van der Waals surface area contributed by atoms with Crippen LogP contribution in [0.15, 0.2) is 34.0 Å². The Balaban J connectivity index is 2.03. The smallest absolute Gasteiger partial charge is 0.311 e. The number of thioether (sulfide) groups is 1. The summed E-state index contributed by atoms with van der Waals surface area (Å²) in [6, 6.07) is 9.28. The number of nitrogens with zero attached hydrogens (tertiary/aromatic N) is 3. The lowest BCUT2D eigenvalue weighted by molar-refractivity contribution is -0.142. The molecule has 1 aromatic heterocycles. The van der Waals surface area contributed by atoms with Gasteiger partial charge in [-0.15, -0.1) is 11.3 Å². The fourth-order valence-electron chi connectivity index (χ4n) is 2.39. The maximum absolute atomic E-state index is 12.8. The minimum absolute atomic E-state index is 0.119. The third-order valence-electron chi connectivity index (χ3n) is 3.60. The fraction of sp³-hybridized carbons (Fsp3) is 0.368. The molecule has 0 spiro atoms. The van der Waals surface area contributed by atoms with Gasteiger partial charge in [0.2, 0.25) is 5.91 Å². The van der Waals surface area contributed by atoms with E-state index in [0.29, 0.717) is 28.1 Å². The van der Waals surface area contributed by atoms with E-state index in [1.807, 2.05) is 12.1 Å². The van der Waals surface area contributed by atoms with E-state index in [2.05, 4.69) is 11.1 Å². The molecule has 0 atom stereocenters. The summed E-state index contributed by atoms with van der Waals surface area (Å²) >= 11 is 2.68. The molecule has 0 aliphatic heterocycles. The van der Waals surface area contributed by atoms with Crippen LogP contribution in [-0.2, 0) is 20.7 Å². The molecule has 0 unspecified atom stereocenters. The van der Waals surface area contributed by atoms with Gasteiger partial charge in [-0.3, -0.25) is 9.59 Å². The molecule has 0 aliphatic carbocycles. The van der Waals surface area contributed by atoms with Crippen LogP contribution in [-0.4, -0.2) is 42.9 Å². The van der Waals surface area contributed by atoms with Gasteiger partial charge >= 0.3 is 5.97 Å². The molecule has 0 N–H and O–H groups in total. The standard InChI is InChI=1S/C19H21N3O4S2/c1-3-26-18(24)11-14-12-27-19(21-14)28-13-17(23)22(10-6-9-20)15-7-4-5-8-16(15)25-2/h4-5,7-8,12H,3,6,10-11,13H2,1-2H3. The molecule has 2 aromatic rings. The molecule has 9 heteroatoms. The number of para-hydroxylation sites is 2. The van der Waals surface area contributed by atoms with Crippen molar-refractivity contribution in [2.24, 2.45) is 0 Å². The molecule has 1 aromatic carbocycles. The molecule has 0 aliphatic rings. The molecule has 1 amide bonds. The Hall–Kier alpha value is -2.57. The Kier molecular flexibility index (Phi) is 8.78. The summed E-state index contributed by atoms with van der Waals surface area (Å²) in [4.78, 5) is 30.3. The quantitative estimate of drug-likeness (QED) is 0.431. The number of amides is 1. The van der Waals surface area contributed by atoms with Crippen LogP contribution in [0, 0.1) is 11.3 Å². The molecule has 0 fully saturated rings. The first kappa shape index (κ1) is 21.7. The lowest BCUT2D eigenvalue weighted by atomic mass is 10.2. The molecule has 0 bridgehead atoms. The van der Waals surface area contributed by atoms with Crippen molar-refractivity contribution in [3.63, 3.8) is 0 Å². The molecule has 0 saturated carbocycles.